The molecule has 1 nitrogen and oxygen atoms in total. The molecular formula is C18H27N. The molecular weight excluding hydrogens is 230 g/mol. The van der Waals surface area contributed by atoms with Gasteiger partial charge in [-0.15, -0.1) is 0 Å². The molecule has 1 N–H and O–H groups in total. The van der Waals surface area contributed by atoms with E-state index in [0.29, 0.717) is 5.41 Å². The molecule has 1 aromatic carbocycles. The van der Waals surface area contributed by atoms with Crippen LogP contribution in [-0.2, 0) is 11.8 Å². The van der Waals surface area contributed by atoms with E-state index in [1.165, 1.54) is 45.1 Å². The van der Waals surface area contributed by atoms with Crippen molar-refractivity contribution in [3.8, 4) is 0 Å². The lowest BCUT2D eigenvalue weighted by Crippen LogP contribution is -2.59. The first-order valence-electron chi connectivity index (χ1n) is 8.22. The van der Waals surface area contributed by atoms with Crippen molar-refractivity contribution in [3.63, 3.8) is 0 Å². The molecule has 1 aliphatic heterocycles. The van der Waals surface area contributed by atoms with E-state index in [-0.39, 0.29) is 0 Å². The molecule has 1 saturated heterocycles. The summed E-state index contributed by atoms with van der Waals surface area (Å²) in [4.78, 5) is 0. The van der Waals surface area contributed by atoms with Crippen LogP contribution in [0.2, 0.25) is 0 Å². The van der Waals surface area contributed by atoms with Crippen molar-refractivity contribution in [1.82, 2.24) is 5.32 Å². The van der Waals surface area contributed by atoms with Gasteiger partial charge in [0, 0.05) is 11.5 Å². The molecule has 2 fully saturated rings. The van der Waals surface area contributed by atoms with Crippen LogP contribution in [0.5, 0.6) is 0 Å². The van der Waals surface area contributed by atoms with Crippen LogP contribution in [0.4, 0.5) is 0 Å². The summed E-state index contributed by atoms with van der Waals surface area (Å²) in [5.41, 5.74) is 3.88. The third-order valence-corrected chi connectivity index (χ3v) is 5.55. The lowest BCUT2D eigenvalue weighted by Gasteiger charge is -2.56. The number of benzene rings is 1. The van der Waals surface area contributed by atoms with Gasteiger partial charge < -0.3 is 5.32 Å². The minimum absolute atomic E-state index is 0.545. The average Bonchev–Trinajstić information content (AvgIpc) is 2.49. The van der Waals surface area contributed by atoms with Crippen LogP contribution in [0.1, 0.15) is 57.1 Å². The highest BCUT2D eigenvalue weighted by Gasteiger charge is 2.51. The second-order valence-electron chi connectivity index (χ2n) is 6.18. The van der Waals surface area contributed by atoms with E-state index in [9.17, 15) is 0 Å². The van der Waals surface area contributed by atoms with E-state index in [2.05, 4.69) is 29.6 Å². The Morgan fingerprint density at radius 3 is 2.84 bits per heavy atom. The third kappa shape index (κ3) is 1.94. The zero-order chi connectivity index (χ0) is 13.3. The Morgan fingerprint density at radius 2 is 1.95 bits per heavy atom. The summed E-state index contributed by atoms with van der Waals surface area (Å²) in [7, 11) is 0. The van der Waals surface area contributed by atoms with Crippen molar-refractivity contribution in [2.24, 2.45) is 5.92 Å². The summed E-state index contributed by atoms with van der Waals surface area (Å²) >= 11 is 0. The fourth-order valence-electron chi connectivity index (χ4n) is 4.89. The van der Waals surface area contributed by atoms with Gasteiger partial charge in [0.15, 0.2) is 0 Å². The van der Waals surface area contributed by atoms with Crippen molar-refractivity contribution in [1.29, 1.82) is 0 Å². The molecule has 0 spiro atoms. The van der Waals surface area contributed by atoms with Crippen LogP contribution in [0, 0.1) is 5.92 Å². The van der Waals surface area contributed by atoms with Gasteiger partial charge in [0.2, 0.25) is 0 Å². The minimum atomic E-state index is 0.545. The normalized spacial score (nSPS) is 35.5. The van der Waals surface area contributed by atoms with Gasteiger partial charge in [-0.05, 0) is 49.3 Å². The SMILES string of the molecule is CC.c1ccc2c(c1)C[C@H]1NCC[C@@]23CCCC[C@@H]13. The van der Waals surface area contributed by atoms with Crippen LogP contribution >= 0.6 is 0 Å². The van der Waals surface area contributed by atoms with Crippen molar-refractivity contribution in [3.05, 3.63) is 35.4 Å². The Hall–Kier alpha value is -0.820. The lowest BCUT2D eigenvalue weighted by molar-refractivity contribution is 0.0798. The van der Waals surface area contributed by atoms with E-state index in [1.54, 1.807) is 11.1 Å². The summed E-state index contributed by atoms with van der Waals surface area (Å²) < 4.78 is 0. The number of hydrogen-bond acceptors (Lipinski definition) is 1. The maximum absolute atomic E-state index is 3.79. The maximum Gasteiger partial charge on any atom is 0.0144 e. The van der Waals surface area contributed by atoms with Crippen molar-refractivity contribution >= 4 is 0 Å². The van der Waals surface area contributed by atoms with Gasteiger partial charge in [-0.2, -0.15) is 0 Å². The molecule has 0 aromatic heterocycles. The Labute approximate surface area is 117 Å². The average molecular weight is 257 g/mol. The van der Waals surface area contributed by atoms with E-state index < -0.39 is 0 Å². The molecule has 19 heavy (non-hydrogen) atoms. The van der Waals surface area contributed by atoms with E-state index >= 15 is 0 Å². The molecule has 1 saturated carbocycles. The Morgan fingerprint density at radius 1 is 1.11 bits per heavy atom. The monoisotopic (exact) mass is 257 g/mol. The number of rotatable bonds is 0. The first-order valence-corrected chi connectivity index (χ1v) is 8.22. The van der Waals surface area contributed by atoms with Gasteiger partial charge in [0.1, 0.15) is 0 Å². The molecule has 1 heterocycles. The standard InChI is InChI=1S/C16H21N.C2H6/c1-2-6-13-12(5-1)11-15-14-7-3-4-8-16(13,14)9-10-17-15;1-2/h1-2,5-6,14-15,17H,3-4,7-11H2;1-2H3/t14-,15+,16-;/m0./s1. The fraction of sp³-hybridized carbons (Fsp3) is 0.667. The highest BCUT2D eigenvalue weighted by molar-refractivity contribution is 5.41. The van der Waals surface area contributed by atoms with Gasteiger partial charge in [0.25, 0.3) is 0 Å². The van der Waals surface area contributed by atoms with E-state index in [0.717, 1.165) is 12.0 Å². The van der Waals surface area contributed by atoms with Crippen LogP contribution < -0.4 is 5.32 Å². The molecule has 1 aromatic rings. The lowest BCUT2D eigenvalue weighted by atomic mass is 9.53. The largest absolute Gasteiger partial charge is 0.313 e. The number of nitrogens with one attached hydrogen (secondary N) is 1. The van der Waals surface area contributed by atoms with Crippen LogP contribution in [0.15, 0.2) is 24.3 Å². The summed E-state index contributed by atoms with van der Waals surface area (Å²) in [5.74, 6) is 0.917. The first kappa shape index (κ1) is 13.2. The van der Waals surface area contributed by atoms with Crippen molar-refractivity contribution in [2.75, 3.05) is 6.54 Å². The molecule has 1 heteroatoms. The molecule has 4 rings (SSSR count). The summed E-state index contributed by atoms with van der Waals surface area (Å²) in [6, 6.07) is 10.0. The Balaban J connectivity index is 0.000000528. The van der Waals surface area contributed by atoms with Gasteiger partial charge in [-0.1, -0.05) is 51.0 Å². The molecule has 0 radical (unpaired) electrons. The maximum atomic E-state index is 3.79. The number of fused-ring (bicyclic) bond motifs is 1. The number of hydrogen-bond donors (Lipinski definition) is 1. The molecule has 0 amide bonds. The van der Waals surface area contributed by atoms with E-state index in [4.69, 9.17) is 0 Å². The molecule has 3 aliphatic rings. The highest BCUT2D eigenvalue weighted by Crippen LogP contribution is 2.53. The molecule has 0 unspecified atom stereocenters. The number of piperidine rings is 1. The Bertz CT molecular complexity index is 435. The summed E-state index contributed by atoms with van der Waals surface area (Å²) in [6.07, 6.45) is 8.41. The van der Waals surface area contributed by atoms with E-state index in [1.807, 2.05) is 13.8 Å². The highest BCUT2D eigenvalue weighted by atomic mass is 15.0. The zero-order valence-corrected chi connectivity index (χ0v) is 12.4. The Kier molecular flexibility index (Phi) is 3.66. The zero-order valence-electron chi connectivity index (χ0n) is 12.4. The molecule has 2 aliphatic carbocycles. The molecule has 3 atom stereocenters. The molecule has 104 valence electrons. The summed E-state index contributed by atoms with van der Waals surface area (Å²) in [6.45, 7) is 5.23. The van der Waals surface area contributed by atoms with Crippen LogP contribution in [-0.4, -0.2) is 12.6 Å². The van der Waals surface area contributed by atoms with Gasteiger partial charge in [-0.3, -0.25) is 0 Å². The van der Waals surface area contributed by atoms with Crippen molar-refractivity contribution in [2.45, 2.75) is 63.8 Å². The van der Waals surface area contributed by atoms with Crippen molar-refractivity contribution < 1.29 is 0 Å². The van der Waals surface area contributed by atoms with Crippen LogP contribution in [0.3, 0.4) is 0 Å². The van der Waals surface area contributed by atoms with Crippen LogP contribution in [0.25, 0.3) is 0 Å². The minimum Gasteiger partial charge on any atom is -0.313 e. The molecule has 2 bridgehead atoms. The first-order chi connectivity index (χ1) is 9.40. The van der Waals surface area contributed by atoms with Gasteiger partial charge in [0.05, 0.1) is 0 Å². The third-order valence-electron chi connectivity index (χ3n) is 5.55. The quantitative estimate of drug-likeness (QED) is 0.739. The predicted molar refractivity (Wildman–Crippen MR) is 81.5 cm³/mol. The fourth-order valence-corrected chi connectivity index (χ4v) is 4.89. The second-order valence-corrected chi connectivity index (χ2v) is 6.18. The van der Waals surface area contributed by atoms with Gasteiger partial charge in [-0.25, -0.2) is 0 Å². The topological polar surface area (TPSA) is 12.0 Å². The summed E-state index contributed by atoms with van der Waals surface area (Å²) in [5, 5.41) is 3.79. The smallest absolute Gasteiger partial charge is 0.0144 e. The predicted octanol–water partition coefficient (Wildman–Crippen LogP) is 4.06. The second kappa shape index (κ2) is 5.28. The van der Waals surface area contributed by atoms with Gasteiger partial charge >= 0.3 is 0 Å².